The van der Waals surface area contributed by atoms with Crippen LogP contribution in [0.5, 0.6) is 0 Å². The van der Waals surface area contributed by atoms with E-state index >= 15 is 0 Å². The number of hydrazone groups is 1. The summed E-state index contributed by atoms with van der Waals surface area (Å²) in [6, 6.07) is 8.61. The predicted octanol–water partition coefficient (Wildman–Crippen LogP) is 2.38. The molecule has 4 heterocycles. The van der Waals surface area contributed by atoms with Gasteiger partial charge in [-0.1, -0.05) is 12.1 Å². The fourth-order valence-corrected chi connectivity index (χ4v) is 5.64. The monoisotopic (exact) mass is 457 g/mol. The maximum Gasteiger partial charge on any atom is 0.257 e. The summed E-state index contributed by atoms with van der Waals surface area (Å²) in [5, 5.41) is 13.6. The number of piperazine rings is 1. The molecule has 1 N–H and O–H groups in total. The molecule has 2 fully saturated rings. The Morgan fingerprint density at radius 1 is 1.00 bits per heavy atom. The summed E-state index contributed by atoms with van der Waals surface area (Å²) in [6.45, 7) is 4.03. The number of hydrogen-bond acceptors (Lipinski definition) is 7. The Hall–Kier alpha value is -2.07. The molecule has 5 rings (SSSR count). The smallest absolute Gasteiger partial charge is 0.257 e. The molecule has 0 aromatic carbocycles. The zero-order valence-electron chi connectivity index (χ0n) is 17.4. The number of amides is 2. The van der Waals surface area contributed by atoms with Crippen molar-refractivity contribution in [3.05, 3.63) is 44.8 Å². The van der Waals surface area contributed by atoms with E-state index < -0.39 is 0 Å². The van der Waals surface area contributed by atoms with Crippen molar-refractivity contribution in [2.24, 2.45) is 5.10 Å². The van der Waals surface area contributed by atoms with Gasteiger partial charge in [0.1, 0.15) is 0 Å². The third-order valence-corrected chi connectivity index (χ3v) is 7.87. The number of nitrogens with zero attached hydrogens (tertiary/aromatic N) is 4. The van der Waals surface area contributed by atoms with Gasteiger partial charge in [0.2, 0.25) is 5.91 Å². The molecule has 1 unspecified atom stereocenters. The van der Waals surface area contributed by atoms with Crippen molar-refractivity contribution < 1.29 is 9.59 Å². The molecule has 31 heavy (non-hydrogen) atoms. The van der Waals surface area contributed by atoms with Gasteiger partial charge in [-0.2, -0.15) is 5.10 Å². The van der Waals surface area contributed by atoms with Crippen LogP contribution in [0.2, 0.25) is 0 Å². The maximum atomic E-state index is 13.2. The van der Waals surface area contributed by atoms with Crippen LogP contribution in [0.25, 0.3) is 0 Å². The van der Waals surface area contributed by atoms with Gasteiger partial charge >= 0.3 is 0 Å². The standard InChI is InChI=1S/C22H27N5O2S2/c28-21(23-16-5-6-16)14-25-7-9-26(10-8-25)15-22(29)27-18(20-4-2-12-31-20)13-17(24-27)19-3-1-11-30-19/h1-4,11-12,16,18H,5-10,13-15H2,(H,23,28). The second-order valence-electron chi connectivity index (χ2n) is 8.39. The van der Waals surface area contributed by atoms with E-state index in [1.165, 1.54) is 4.88 Å². The fraction of sp³-hybridized carbons (Fsp3) is 0.500. The normalized spacial score (nSPS) is 22.5. The minimum absolute atomic E-state index is 0.0167. The Labute approximate surface area is 190 Å². The van der Waals surface area contributed by atoms with Crippen LogP contribution < -0.4 is 5.32 Å². The Balaban J connectivity index is 1.18. The number of rotatable bonds is 7. The zero-order valence-corrected chi connectivity index (χ0v) is 19.0. The molecule has 0 bridgehead atoms. The minimum Gasteiger partial charge on any atom is -0.352 e. The molecule has 7 nitrogen and oxygen atoms in total. The molecule has 164 valence electrons. The average Bonchev–Trinajstić information content (AvgIpc) is 3.23. The number of hydrogen-bond donors (Lipinski definition) is 1. The second kappa shape index (κ2) is 9.20. The van der Waals surface area contributed by atoms with Crippen LogP contribution in [0.15, 0.2) is 40.1 Å². The Kier molecular flexibility index (Phi) is 6.17. The third kappa shape index (κ3) is 5.06. The number of carbonyl (C=O) groups is 2. The van der Waals surface area contributed by atoms with Crippen molar-refractivity contribution in [1.29, 1.82) is 0 Å². The molecule has 2 aromatic rings. The summed E-state index contributed by atoms with van der Waals surface area (Å²) in [6.07, 6.45) is 2.99. The van der Waals surface area contributed by atoms with Gasteiger partial charge in [-0.3, -0.25) is 19.4 Å². The van der Waals surface area contributed by atoms with Crippen molar-refractivity contribution in [3.8, 4) is 0 Å². The molecule has 3 aliphatic rings. The van der Waals surface area contributed by atoms with Gasteiger partial charge in [0.15, 0.2) is 0 Å². The first-order valence-corrected chi connectivity index (χ1v) is 12.6. The van der Waals surface area contributed by atoms with Crippen LogP contribution in [-0.2, 0) is 9.59 Å². The van der Waals surface area contributed by atoms with E-state index in [0.29, 0.717) is 19.1 Å². The number of nitrogens with one attached hydrogen (secondary N) is 1. The van der Waals surface area contributed by atoms with Crippen LogP contribution in [0.4, 0.5) is 0 Å². The van der Waals surface area contributed by atoms with Crippen molar-refractivity contribution in [3.63, 3.8) is 0 Å². The number of carbonyl (C=O) groups excluding carboxylic acids is 2. The number of thiophene rings is 2. The first-order chi connectivity index (χ1) is 15.2. The average molecular weight is 458 g/mol. The molecule has 1 atom stereocenters. The molecule has 2 amide bonds. The molecule has 0 spiro atoms. The highest BCUT2D eigenvalue weighted by atomic mass is 32.1. The Morgan fingerprint density at radius 2 is 1.71 bits per heavy atom. The summed E-state index contributed by atoms with van der Waals surface area (Å²) >= 11 is 3.35. The molecular weight excluding hydrogens is 430 g/mol. The third-order valence-electron chi connectivity index (χ3n) is 5.98. The predicted molar refractivity (Wildman–Crippen MR) is 123 cm³/mol. The Bertz CT molecular complexity index is 931. The Morgan fingerprint density at radius 3 is 2.35 bits per heavy atom. The zero-order chi connectivity index (χ0) is 21.2. The van der Waals surface area contributed by atoms with Crippen molar-refractivity contribution in [2.45, 2.75) is 31.3 Å². The highest BCUT2D eigenvalue weighted by Gasteiger charge is 2.35. The van der Waals surface area contributed by atoms with Crippen LogP contribution in [0.3, 0.4) is 0 Å². The second-order valence-corrected chi connectivity index (χ2v) is 10.3. The lowest BCUT2D eigenvalue weighted by atomic mass is 10.1. The van der Waals surface area contributed by atoms with Gasteiger partial charge in [0.05, 0.1) is 29.7 Å². The van der Waals surface area contributed by atoms with Crippen LogP contribution >= 0.6 is 22.7 Å². The molecular formula is C22H27N5O2S2. The highest BCUT2D eigenvalue weighted by Crippen LogP contribution is 2.36. The lowest BCUT2D eigenvalue weighted by molar-refractivity contribution is -0.135. The quantitative estimate of drug-likeness (QED) is 0.693. The molecule has 0 radical (unpaired) electrons. The van der Waals surface area contributed by atoms with Gasteiger partial charge < -0.3 is 5.32 Å². The first kappa shape index (κ1) is 20.8. The van der Waals surface area contributed by atoms with Gasteiger partial charge in [0, 0.05) is 43.5 Å². The van der Waals surface area contributed by atoms with E-state index in [1.54, 1.807) is 27.7 Å². The SMILES string of the molecule is O=C(CN1CCN(CC(=O)N2N=C(c3cccs3)CC2c2cccs2)CC1)NC1CC1. The van der Waals surface area contributed by atoms with E-state index in [4.69, 9.17) is 5.10 Å². The molecule has 1 saturated heterocycles. The fourth-order valence-electron chi connectivity index (χ4n) is 4.11. The van der Waals surface area contributed by atoms with E-state index in [0.717, 1.165) is 56.0 Å². The molecule has 1 saturated carbocycles. The van der Waals surface area contributed by atoms with E-state index in [9.17, 15) is 9.59 Å². The molecule has 2 aromatic heterocycles. The summed E-state index contributed by atoms with van der Waals surface area (Å²) in [7, 11) is 0. The molecule has 1 aliphatic carbocycles. The van der Waals surface area contributed by atoms with Gasteiger partial charge in [-0.05, 0) is 35.7 Å². The maximum absolute atomic E-state index is 13.2. The minimum atomic E-state index is -0.0167. The first-order valence-electron chi connectivity index (χ1n) is 10.9. The summed E-state index contributed by atoms with van der Waals surface area (Å²) in [4.78, 5) is 31.9. The van der Waals surface area contributed by atoms with Crippen molar-refractivity contribution >= 4 is 40.2 Å². The lowest BCUT2D eigenvalue weighted by Gasteiger charge is -2.34. The topological polar surface area (TPSA) is 68.2 Å². The van der Waals surface area contributed by atoms with Crippen LogP contribution in [-0.4, -0.2) is 77.6 Å². The molecule has 9 heteroatoms. The van der Waals surface area contributed by atoms with E-state index in [-0.39, 0.29) is 17.9 Å². The van der Waals surface area contributed by atoms with Crippen LogP contribution in [0.1, 0.15) is 35.1 Å². The highest BCUT2D eigenvalue weighted by molar-refractivity contribution is 7.12. The largest absolute Gasteiger partial charge is 0.352 e. The summed E-state index contributed by atoms with van der Waals surface area (Å²) in [5.41, 5.74) is 0.994. The van der Waals surface area contributed by atoms with Crippen molar-refractivity contribution in [1.82, 2.24) is 20.1 Å². The van der Waals surface area contributed by atoms with E-state index in [1.807, 2.05) is 17.5 Å². The van der Waals surface area contributed by atoms with Crippen LogP contribution in [0, 0.1) is 0 Å². The van der Waals surface area contributed by atoms with E-state index in [2.05, 4.69) is 32.6 Å². The van der Waals surface area contributed by atoms with Gasteiger partial charge in [0.25, 0.3) is 5.91 Å². The van der Waals surface area contributed by atoms with Gasteiger partial charge in [-0.15, -0.1) is 22.7 Å². The summed E-state index contributed by atoms with van der Waals surface area (Å²) in [5.74, 6) is 0.170. The lowest BCUT2D eigenvalue weighted by Crippen LogP contribution is -2.51. The summed E-state index contributed by atoms with van der Waals surface area (Å²) < 4.78 is 0. The van der Waals surface area contributed by atoms with Gasteiger partial charge in [-0.25, -0.2) is 5.01 Å². The van der Waals surface area contributed by atoms with Crippen molar-refractivity contribution in [2.75, 3.05) is 39.3 Å². The molecule has 2 aliphatic heterocycles.